The summed E-state index contributed by atoms with van der Waals surface area (Å²) in [7, 11) is 0. The summed E-state index contributed by atoms with van der Waals surface area (Å²) in [6.07, 6.45) is 6.69. The Morgan fingerprint density at radius 3 is 2.46 bits per heavy atom. The van der Waals surface area contributed by atoms with Crippen LogP contribution < -0.4 is 5.43 Å². The molecule has 2 N–H and O–H groups in total. The second-order valence-corrected chi connectivity index (χ2v) is 7.26. The first kappa shape index (κ1) is 19.9. The van der Waals surface area contributed by atoms with Crippen LogP contribution in [0.25, 0.3) is 6.08 Å². The number of nitrogens with zero attached hydrogens (tertiary/aromatic N) is 4. The van der Waals surface area contributed by atoms with Gasteiger partial charge in [0, 0.05) is 35.9 Å². The van der Waals surface area contributed by atoms with Crippen molar-refractivity contribution in [2.75, 3.05) is 13.1 Å². The first-order chi connectivity index (χ1) is 13.5. The molecule has 28 heavy (non-hydrogen) atoms. The normalized spacial score (nSPS) is 15.6. The fourth-order valence-corrected chi connectivity index (χ4v) is 3.61. The Hall–Kier alpha value is -2.80. The average molecular weight is 380 g/mol. The maximum atomic E-state index is 12.4. The van der Waals surface area contributed by atoms with Gasteiger partial charge in [0.15, 0.2) is 0 Å². The van der Waals surface area contributed by atoms with E-state index in [1.54, 1.807) is 12.4 Å². The lowest BCUT2D eigenvalue weighted by Crippen LogP contribution is -2.23. The van der Waals surface area contributed by atoms with Gasteiger partial charge in [0.1, 0.15) is 12.0 Å². The lowest BCUT2D eigenvalue weighted by atomic mass is 9.95. The number of rotatable bonds is 7. The summed E-state index contributed by atoms with van der Waals surface area (Å²) in [5.41, 5.74) is 9.03. The third kappa shape index (κ3) is 3.89. The summed E-state index contributed by atoms with van der Waals surface area (Å²) in [6.45, 7) is 13.7. The Morgan fingerprint density at radius 2 is 1.86 bits per heavy atom. The molecule has 0 spiro atoms. The minimum Gasteiger partial charge on any atom is -0.359 e. The minimum absolute atomic E-state index is 0.217. The van der Waals surface area contributed by atoms with Crippen molar-refractivity contribution in [1.29, 1.82) is 0 Å². The Balaban J connectivity index is 2.05. The van der Waals surface area contributed by atoms with E-state index in [0.717, 1.165) is 31.0 Å². The zero-order valence-electron chi connectivity index (χ0n) is 17.2. The zero-order chi connectivity index (χ0) is 20.3. The summed E-state index contributed by atoms with van der Waals surface area (Å²) in [5.74, 6) is 0.110. The van der Waals surface area contributed by atoms with Crippen molar-refractivity contribution < 1.29 is 4.79 Å². The molecule has 3 rings (SSSR count). The Kier molecular flexibility index (Phi) is 6.04. The van der Waals surface area contributed by atoms with Gasteiger partial charge in [0.25, 0.3) is 5.91 Å². The quantitative estimate of drug-likeness (QED) is 0.723. The SMILES string of the molecule is CCN(CC)Cc1c(C)[nH]c(/C=C2/C(=O)NN=C2c2cncnc2)c1C(C)C. The van der Waals surface area contributed by atoms with Crippen LogP contribution in [0.15, 0.2) is 29.4 Å². The molecule has 0 saturated carbocycles. The number of aromatic nitrogens is 3. The predicted octanol–water partition coefficient (Wildman–Crippen LogP) is 3.00. The number of hydrogen-bond acceptors (Lipinski definition) is 5. The molecule has 0 radical (unpaired) electrons. The smallest absolute Gasteiger partial charge is 0.273 e. The van der Waals surface area contributed by atoms with Crippen molar-refractivity contribution in [3.05, 3.63) is 52.4 Å². The standard InChI is InChI=1S/C21H28N6O/c1-6-27(7-2)11-17-14(5)24-18(19(17)13(3)4)8-16-20(25-26-21(16)28)15-9-22-12-23-10-15/h8-10,12-13,24H,6-7,11H2,1-5H3,(H,26,28)/b16-8+. The molecule has 1 aliphatic heterocycles. The van der Waals surface area contributed by atoms with Crippen LogP contribution in [0.5, 0.6) is 0 Å². The molecule has 7 heteroatoms. The Labute approximate surface area is 166 Å². The van der Waals surface area contributed by atoms with Crippen molar-refractivity contribution in [2.24, 2.45) is 5.10 Å². The van der Waals surface area contributed by atoms with Gasteiger partial charge in [-0.05, 0) is 43.1 Å². The number of hydrazone groups is 1. The molecule has 0 saturated heterocycles. The fourth-order valence-electron chi connectivity index (χ4n) is 3.61. The van der Waals surface area contributed by atoms with E-state index in [1.165, 1.54) is 17.5 Å². The van der Waals surface area contributed by atoms with E-state index in [9.17, 15) is 4.79 Å². The monoisotopic (exact) mass is 380 g/mol. The van der Waals surface area contributed by atoms with E-state index in [-0.39, 0.29) is 5.91 Å². The minimum atomic E-state index is -0.217. The number of aromatic amines is 1. The van der Waals surface area contributed by atoms with Gasteiger partial charge in [-0.1, -0.05) is 27.7 Å². The van der Waals surface area contributed by atoms with E-state index in [2.05, 4.69) is 65.0 Å². The van der Waals surface area contributed by atoms with Gasteiger partial charge in [0.05, 0.1) is 5.57 Å². The molecule has 0 aliphatic carbocycles. The number of nitrogens with one attached hydrogen (secondary N) is 2. The molecule has 0 bridgehead atoms. The lowest BCUT2D eigenvalue weighted by molar-refractivity contribution is -0.116. The topological polar surface area (TPSA) is 86.3 Å². The van der Waals surface area contributed by atoms with Gasteiger partial charge >= 0.3 is 0 Å². The number of carbonyl (C=O) groups is 1. The summed E-state index contributed by atoms with van der Waals surface area (Å²) < 4.78 is 0. The van der Waals surface area contributed by atoms with Gasteiger partial charge in [0.2, 0.25) is 0 Å². The van der Waals surface area contributed by atoms with Crippen LogP contribution in [0.4, 0.5) is 0 Å². The van der Waals surface area contributed by atoms with Gasteiger partial charge in [-0.25, -0.2) is 15.4 Å². The number of amides is 1. The van der Waals surface area contributed by atoms with Crippen LogP contribution >= 0.6 is 0 Å². The number of H-pyrrole nitrogens is 1. The van der Waals surface area contributed by atoms with Gasteiger partial charge in [-0.15, -0.1) is 0 Å². The van der Waals surface area contributed by atoms with Crippen LogP contribution in [0.3, 0.4) is 0 Å². The zero-order valence-corrected chi connectivity index (χ0v) is 17.2. The largest absolute Gasteiger partial charge is 0.359 e. The summed E-state index contributed by atoms with van der Waals surface area (Å²) in [4.78, 5) is 26.4. The van der Waals surface area contributed by atoms with Crippen LogP contribution in [0.2, 0.25) is 0 Å². The summed E-state index contributed by atoms with van der Waals surface area (Å²) in [5, 5.41) is 4.19. The molecule has 3 heterocycles. The maximum absolute atomic E-state index is 12.4. The third-order valence-corrected chi connectivity index (χ3v) is 5.14. The number of hydrogen-bond donors (Lipinski definition) is 2. The molecule has 148 valence electrons. The first-order valence-electron chi connectivity index (χ1n) is 9.75. The average Bonchev–Trinajstić information content (AvgIpc) is 3.20. The van der Waals surface area contributed by atoms with E-state index in [1.807, 2.05) is 6.08 Å². The highest BCUT2D eigenvalue weighted by atomic mass is 16.2. The van der Waals surface area contributed by atoms with E-state index < -0.39 is 0 Å². The summed E-state index contributed by atoms with van der Waals surface area (Å²) in [6, 6.07) is 0. The molecule has 2 aromatic heterocycles. The molecular weight excluding hydrogens is 352 g/mol. The van der Waals surface area contributed by atoms with Crippen LogP contribution in [-0.2, 0) is 11.3 Å². The number of carbonyl (C=O) groups excluding carboxylic acids is 1. The van der Waals surface area contributed by atoms with Crippen LogP contribution in [0.1, 0.15) is 61.7 Å². The third-order valence-electron chi connectivity index (χ3n) is 5.14. The van der Waals surface area contributed by atoms with Crippen LogP contribution in [-0.4, -0.2) is 44.6 Å². The van der Waals surface area contributed by atoms with Crippen molar-refractivity contribution in [3.8, 4) is 0 Å². The van der Waals surface area contributed by atoms with Crippen molar-refractivity contribution in [1.82, 2.24) is 25.3 Å². The molecule has 0 unspecified atom stereocenters. The van der Waals surface area contributed by atoms with E-state index in [4.69, 9.17) is 0 Å². The maximum Gasteiger partial charge on any atom is 0.273 e. The first-order valence-corrected chi connectivity index (χ1v) is 9.75. The molecule has 0 atom stereocenters. The van der Waals surface area contributed by atoms with Crippen molar-refractivity contribution in [3.63, 3.8) is 0 Å². The fraction of sp³-hybridized carbons (Fsp3) is 0.429. The van der Waals surface area contributed by atoms with E-state index in [0.29, 0.717) is 22.8 Å². The van der Waals surface area contributed by atoms with Gasteiger partial charge < -0.3 is 4.98 Å². The second-order valence-electron chi connectivity index (χ2n) is 7.26. The van der Waals surface area contributed by atoms with Gasteiger partial charge in [-0.3, -0.25) is 9.69 Å². The molecule has 2 aromatic rings. The lowest BCUT2D eigenvalue weighted by Gasteiger charge is -2.20. The molecular formula is C21H28N6O. The highest BCUT2D eigenvalue weighted by molar-refractivity contribution is 6.33. The van der Waals surface area contributed by atoms with Crippen LogP contribution in [0, 0.1) is 6.92 Å². The molecule has 1 aliphatic rings. The van der Waals surface area contributed by atoms with Gasteiger partial charge in [-0.2, -0.15) is 5.10 Å². The number of aryl methyl sites for hydroxylation is 1. The Bertz CT molecular complexity index is 906. The Morgan fingerprint density at radius 1 is 1.18 bits per heavy atom. The highest BCUT2D eigenvalue weighted by Crippen LogP contribution is 2.30. The molecule has 7 nitrogen and oxygen atoms in total. The molecule has 0 fully saturated rings. The van der Waals surface area contributed by atoms with Crippen molar-refractivity contribution in [2.45, 2.75) is 47.1 Å². The van der Waals surface area contributed by atoms with E-state index >= 15 is 0 Å². The summed E-state index contributed by atoms with van der Waals surface area (Å²) >= 11 is 0. The predicted molar refractivity (Wildman–Crippen MR) is 111 cm³/mol. The highest BCUT2D eigenvalue weighted by Gasteiger charge is 2.26. The molecule has 0 aromatic carbocycles. The second kappa shape index (κ2) is 8.48. The van der Waals surface area contributed by atoms with Crippen molar-refractivity contribution >= 4 is 17.7 Å². The molecule has 1 amide bonds.